The van der Waals surface area contributed by atoms with Gasteiger partial charge in [-0.2, -0.15) is 13.5 Å². The molecule has 0 radical (unpaired) electrons. The molecule has 0 saturated heterocycles. The van der Waals surface area contributed by atoms with Crippen LogP contribution in [-0.2, 0) is 10.1 Å². The third-order valence-electron chi connectivity index (χ3n) is 3.97. The third-order valence-corrected chi connectivity index (χ3v) is 5.26. The molecule has 0 aliphatic carbocycles. The summed E-state index contributed by atoms with van der Waals surface area (Å²) in [6.45, 7) is 1.53. The number of fused-ring (bicyclic) bond motifs is 1. The molecule has 0 aromatic heterocycles. The molecule has 3 aromatic rings. The van der Waals surface area contributed by atoms with Crippen molar-refractivity contribution < 1.29 is 28.0 Å². The van der Waals surface area contributed by atoms with Crippen LogP contribution in [0.25, 0.3) is 10.8 Å². The summed E-state index contributed by atoms with van der Waals surface area (Å²) in [4.78, 5) is 10.7. The number of carboxylic acid groups (broad SMARTS) is 1. The number of hydrogen-bond donors (Lipinski definition) is 1. The maximum Gasteiger partial charge on any atom is 0.296 e. The van der Waals surface area contributed by atoms with Crippen LogP contribution in [0.2, 0.25) is 5.02 Å². The standard InChI is InChI=1S/C18H13ClN2O6S/c1-9-6-15(28(25,26)27)14(8-13(9)19)20-21-16-11-5-3-2-4-10(11)7-12(17(16)22)18(23)24/h2-8,22H,1H3,(H,23,24)(H,25,26,27)/p-2. The average Bonchev–Trinajstić information content (AvgIpc) is 2.61. The van der Waals surface area contributed by atoms with Gasteiger partial charge in [0.2, 0.25) is 0 Å². The maximum atomic E-state index is 12.5. The van der Waals surface area contributed by atoms with E-state index in [0.717, 1.165) is 6.07 Å². The topological polar surface area (TPSA) is 142 Å². The molecule has 144 valence electrons. The highest BCUT2D eigenvalue weighted by Gasteiger charge is 2.18. The van der Waals surface area contributed by atoms with Crippen molar-refractivity contribution in [2.75, 3.05) is 0 Å². The van der Waals surface area contributed by atoms with Crippen LogP contribution >= 0.6 is 11.6 Å². The summed E-state index contributed by atoms with van der Waals surface area (Å²) in [5.41, 5.74) is -0.845. The summed E-state index contributed by atoms with van der Waals surface area (Å²) in [5.74, 6) is -2.61. The maximum absolute atomic E-state index is 12.5. The number of aromatic carboxylic acids is 1. The van der Waals surface area contributed by atoms with Gasteiger partial charge in [-0.25, -0.2) is 0 Å². The van der Waals surface area contributed by atoms with E-state index in [-0.39, 0.29) is 16.4 Å². The normalized spacial score (nSPS) is 12.0. The van der Waals surface area contributed by atoms with Gasteiger partial charge in [-0.15, -0.1) is 5.11 Å². The van der Waals surface area contributed by atoms with E-state index >= 15 is 0 Å². The lowest BCUT2D eigenvalue weighted by molar-refractivity contribution is -0.275. The van der Waals surface area contributed by atoms with Gasteiger partial charge < -0.3 is 15.0 Å². The molecule has 1 N–H and O–H groups in total. The summed E-state index contributed by atoms with van der Waals surface area (Å²) in [5, 5.41) is 32.1. The second kappa shape index (κ2) is 7.19. The molecule has 0 heterocycles. The number of carbonyl (C=O) groups excluding carboxylic acids is 1. The van der Waals surface area contributed by atoms with Crippen LogP contribution in [0.5, 0.6) is 5.75 Å². The van der Waals surface area contributed by atoms with Gasteiger partial charge in [0.25, 0.3) is 10.1 Å². The Kier molecular flexibility index (Phi) is 5.07. The number of hydrogen-bond acceptors (Lipinski definition) is 7. The van der Waals surface area contributed by atoms with Gasteiger partial charge in [0.05, 0.1) is 11.7 Å². The Morgan fingerprint density at radius 1 is 1.14 bits per heavy atom. The zero-order chi connectivity index (χ0) is 20.6. The fourth-order valence-electron chi connectivity index (χ4n) is 2.59. The zero-order valence-corrected chi connectivity index (χ0v) is 15.8. The lowest BCUT2D eigenvalue weighted by atomic mass is 10.0. The van der Waals surface area contributed by atoms with Crippen LogP contribution in [0.4, 0.5) is 11.4 Å². The summed E-state index contributed by atoms with van der Waals surface area (Å²) >= 11 is 5.98. The minimum Gasteiger partial charge on any atom is -0.871 e. The Bertz CT molecular complexity index is 1250. The van der Waals surface area contributed by atoms with E-state index in [4.69, 9.17) is 11.6 Å². The van der Waals surface area contributed by atoms with Gasteiger partial charge >= 0.3 is 0 Å². The highest BCUT2D eigenvalue weighted by molar-refractivity contribution is 7.86. The van der Waals surface area contributed by atoms with Gasteiger partial charge in [0.1, 0.15) is 10.6 Å². The Morgan fingerprint density at radius 2 is 1.82 bits per heavy atom. The fourth-order valence-corrected chi connectivity index (χ4v) is 3.44. The first-order valence-electron chi connectivity index (χ1n) is 7.73. The largest absolute Gasteiger partial charge is 0.871 e. The molecule has 3 rings (SSSR count). The van der Waals surface area contributed by atoms with Crippen molar-refractivity contribution in [3.05, 3.63) is 58.6 Å². The number of rotatable bonds is 4. The first-order chi connectivity index (χ1) is 13.1. The molecule has 0 amide bonds. The number of aryl methyl sites for hydroxylation is 1. The molecular weight excluding hydrogens is 408 g/mol. The molecule has 0 aliphatic rings. The van der Waals surface area contributed by atoms with Gasteiger partial charge in [-0.05, 0) is 41.6 Å². The van der Waals surface area contributed by atoms with Gasteiger partial charge in [0, 0.05) is 10.4 Å². The smallest absolute Gasteiger partial charge is 0.296 e. The van der Waals surface area contributed by atoms with Crippen molar-refractivity contribution in [1.82, 2.24) is 0 Å². The lowest BCUT2D eigenvalue weighted by Gasteiger charge is -2.18. The van der Waals surface area contributed by atoms with Crippen LogP contribution in [0.1, 0.15) is 15.9 Å². The van der Waals surface area contributed by atoms with Gasteiger partial charge in [-0.3, -0.25) is 4.55 Å². The molecule has 0 unspecified atom stereocenters. The van der Waals surface area contributed by atoms with E-state index in [1.54, 1.807) is 18.2 Å². The molecule has 10 heteroatoms. The summed E-state index contributed by atoms with van der Waals surface area (Å²) in [6, 6.07) is 9.81. The predicted molar refractivity (Wildman–Crippen MR) is 97.9 cm³/mol. The molecule has 0 atom stereocenters. The Labute approximate surface area is 164 Å². The first kappa shape index (κ1) is 19.7. The number of carbonyl (C=O) groups is 1. The van der Waals surface area contributed by atoms with Gasteiger partial charge in [-0.1, -0.05) is 41.6 Å². The van der Waals surface area contributed by atoms with E-state index in [9.17, 15) is 28.0 Å². The molecule has 0 saturated carbocycles. The Morgan fingerprint density at radius 3 is 2.46 bits per heavy atom. The molecule has 3 aromatic carbocycles. The SMILES string of the molecule is Cc1cc(S(=O)(=O)O)c(N=Nc2c([O-])c(C(=O)[O-])cc3ccccc23)cc1Cl. The van der Waals surface area contributed by atoms with Crippen molar-refractivity contribution in [2.45, 2.75) is 11.8 Å². The predicted octanol–water partition coefficient (Wildman–Crippen LogP) is 2.90. The molecule has 8 nitrogen and oxygen atoms in total. The lowest BCUT2D eigenvalue weighted by Crippen LogP contribution is -2.23. The highest BCUT2D eigenvalue weighted by atomic mass is 35.5. The van der Waals surface area contributed by atoms with Crippen molar-refractivity contribution in [2.24, 2.45) is 10.2 Å². The van der Waals surface area contributed by atoms with E-state index in [1.807, 2.05) is 0 Å². The molecule has 0 bridgehead atoms. The number of carboxylic acids is 1. The molecule has 0 spiro atoms. The number of halogens is 1. The number of nitrogens with zero attached hydrogens (tertiary/aromatic N) is 2. The van der Waals surface area contributed by atoms with Crippen molar-refractivity contribution in [3.8, 4) is 5.75 Å². The minimum atomic E-state index is -4.65. The van der Waals surface area contributed by atoms with Crippen molar-refractivity contribution >= 4 is 49.8 Å². The van der Waals surface area contributed by atoms with Crippen LogP contribution in [-0.4, -0.2) is 18.9 Å². The quantitative estimate of drug-likeness (QED) is 0.509. The first-order valence-corrected chi connectivity index (χ1v) is 9.55. The van der Waals surface area contributed by atoms with Gasteiger partial charge in [0.15, 0.2) is 0 Å². The third kappa shape index (κ3) is 3.68. The van der Waals surface area contributed by atoms with E-state index in [1.165, 1.54) is 25.1 Å². The van der Waals surface area contributed by atoms with E-state index < -0.39 is 32.3 Å². The number of benzene rings is 3. The zero-order valence-electron chi connectivity index (χ0n) is 14.2. The Balaban J connectivity index is 2.27. The summed E-state index contributed by atoms with van der Waals surface area (Å²) in [6.07, 6.45) is 0. The second-order valence-electron chi connectivity index (χ2n) is 5.85. The van der Waals surface area contributed by atoms with Crippen LogP contribution < -0.4 is 10.2 Å². The fraction of sp³-hybridized carbons (Fsp3) is 0.0556. The molecule has 0 aliphatic heterocycles. The highest BCUT2D eigenvalue weighted by Crippen LogP contribution is 2.38. The van der Waals surface area contributed by atoms with E-state index in [2.05, 4.69) is 10.2 Å². The van der Waals surface area contributed by atoms with Crippen molar-refractivity contribution in [3.63, 3.8) is 0 Å². The summed E-state index contributed by atoms with van der Waals surface area (Å²) in [7, 11) is -4.65. The molecule has 0 fully saturated rings. The summed E-state index contributed by atoms with van der Waals surface area (Å²) < 4.78 is 32.6. The van der Waals surface area contributed by atoms with E-state index in [0.29, 0.717) is 16.3 Å². The average molecular weight is 419 g/mol. The number of azo groups is 1. The second-order valence-corrected chi connectivity index (χ2v) is 7.65. The molecular formula is C18H11ClN2O6S-2. The molecule has 28 heavy (non-hydrogen) atoms. The van der Waals surface area contributed by atoms with Crippen molar-refractivity contribution in [1.29, 1.82) is 0 Å². The Hall–Kier alpha value is -3.01. The minimum absolute atomic E-state index is 0.164. The van der Waals surface area contributed by atoms with Crippen LogP contribution in [0.15, 0.2) is 57.6 Å². The van der Waals surface area contributed by atoms with Crippen LogP contribution in [0.3, 0.4) is 0 Å². The van der Waals surface area contributed by atoms with Crippen LogP contribution in [0, 0.1) is 6.92 Å². The monoisotopic (exact) mass is 418 g/mol.